The van der Waals surface area contributed by atoms with Gasteiger partial charge in [-0.1, -0.05) is 26.0 Å². The Bertz CT molecular complexity index is 565. The topological polar surface area (TPSA) is 48.7 Å². The van der Waals surface area contributed by atoms with Crippen LogP contribution >= 0.6 is 0 Å². The molecule has 1 heterocycles. The Morgan fingerprint density at radius 2 is 2.00 bits per heavy atom. The van der Waals surface area contributed by atoms with Crippen molar-refractivity contribution in [1.29, 1.82) is 5.26 Å². The molecule has 3 heteroatoms. The van der Waals surface area contributed by atoms with Crippen molar-refractivity contribution in [3.05, 3.63) is 53.9 Å². The summed E-state index contributed by atoms with van der Waals surface area (Å²) in [6.07, 6.45) is 1.67. The highest BCUT2D eigenvalue weighted by Gasteiger charge is 2.01. The van der Waals surface area contributed by atoms with Gasteiger partial charge < -0.3 is 5.32 Å². The fourth-order valence-corrected chi connectivity index (χ4v) is 1.68. The van der Waals surface area contributed by atoms with E-state index in [4.69, 9.17) is 5.26 Å². The molecule has 0 amide bonds. The van der Waals surface area contributed by atoms with Gasteiger partial charge >= 0.3 is 0 Å². The monoisotopic (exact) mass is 237 g/mol. The van der Waals surface area contributed by atoms with Crippen molar-refractivity contribution in [2.24, 2.45) is 0 Å². The second-order valence-corrected chi connectivity index (χ2v) is 4.45. The third-order valence-electron chi connectivity index (χ3n) is 2.72. The first-order valence-corrected chi connectivity index (χ1v) is 5.92. The molecule has 0 aliphatic rings. The van der Waals surface area contributed by atoms with Gasteiger partial charge in [0.25, 0.3) is 0 Å². The molecule has 0 unspecified atom stereocenters. The molecule has 0 spiro atoms. The third kappa shape index (κ3) is 2.86. The molecule has 0 bridgehead atoms. The Hall–Kier alpha value is -2.34. The number of hydrogen-bond donors (Lipinski definition) is 1. The number of anilines is 2. The summed E-state index contributed by atoms with van der Waals surface area (Å²) in [7, 11) is 0. The molecule has 1 aromatic carbocycles. The Kier molecular flexibility index (Phi) is 3.59. The quantitative estimate of drug-likeness (QED) is 0.882. The second-order valence-electron chi connectivity index (χ2n) is 4.45. The van der Waals surface area contributed by atoms with Crippen molar-refractivity contribution < 1.29 is 0 Å². The molecule has 0 aliphatic heterocycles. The molecule has 2 aromatic rings. The Morgan fingerprint density at radius 3 is 2.61 bits per heavy atom. The maximum atomic E-state index is 8.68. The van der Waals surface area contributed by atoms with Crippen LogP contribution < -0.4 is 5.32 Å². The van der Waals surface area contributed by atoms with E-state index in [2.05, 4.69) is 36.3 Å². The minimum atomic E-state index is 0.427. The van der Waals surface area contributed by atoms with E-state index in [0.29, 0.717) is 11.6 Å². The van der Waals surface area contributed by atoms with Crippen molar-refractivity contribution in [2.45, 2.75) is 19.8 Å². The van der Waals surface area contributed by atoms with Crippen LogP contribution in [0.5, 0.6) is 0 Å². The maximum Gasteiger partial charge on any atom is 0.140 e. The Labute approximate surface area is 107 Å². The summed E-state index contributed by atoms with van der Waals surface area (Å²) in [4.78, 5) is 4.03. The van der Waals surface area contributed by atoms with Crippen molar-refractivity contribution in [3.8, 4) is 6.07 Å². The van der Waals surface area contributed by atoms with Crippen LogP contribution in [0.1, 0.15) is 31.0 Å². The molecule has 1 N–H and O–H groups in total. The highest BCUT2D eigenvalue weighted by atomic mass is 14.9. The maximum absolute atomic E-state index is 8.68. The van der Waals surface area contributed by atoms with Gasteiger partial charge in [-0.15, -0.1) is 0 Å². The molecule has 90 valence electrons. The molecule has 0 radical (unpaired) electrons. The number of nitriles is 1. The fourth-order valence-electron chi connectivity index (χ4n) is 1.68. The lowest BCUT2D eigenvalue weighted by molar-refractivity contribution is 0.867. The molecule has 0 atom stereocenters. The van der Waals surface area contributed by atoms with Crippen LogP contribution in [0.25, 0.3) is 0 Å². The molecule has 0 aliphatic carbocycles. The van der Waals surface area contributed by atoms with Gasteiger partial charge in [-0.25, -0.2) is 4.98 Å². The van der Waals surface area contributed by atoms with Gasteiger partial charge in [0.2, 0.25) is 0 Å². The molecule has 1 aromatic heterocycles. The summed E-state index contributed by atoms with van der Waals surface area (Å²) in [6, 6.07) is 13.9. The first-order valence-electron chi connectivity index (χ1n) is 5.92. The summed E-state index contributed by atoms with van der Waals surface area (Å²) >= 11 is 0. The van der Waals surface area contributed by atoms with Gasteiger partial charge in [0.15, 0.2) is 0 Å². The van der Waals surface area contributed by atoms with Crippen LogP contribution in [0.3, 0.4) is 0 Å². The third-order valence-corrected chi connectivity index (χ3v) is 2.72. The summed E-state index contributed by atoms with van der Waals surface area (Å²) in [5.41, 5.74) is 3.64. The average Bonchev–Trinajstić information content (AvgIpc) is 2.40. The largest absolute Gasteiger partial charge is 0.354 e. The number of rotatable bonds is 3. The fraction of sp³-hybridized carbons (Fsp3) is 0.200. The summed E-state index contributed by atoms with van der Waals surface area (Å²) < 4.78 is 0. The highest BCUT2D eigenvalue weighted by molar-refractivity contribution is 5.59. The predicted octanol–water partition coefficient (Wildman–Crippen LogP) is 3.82. The summed E-state index contributed by atoms with van der Waals surface area (Å²) in [5, 5.41) is 12.0. The van der Waals surface area contributed by atoms with Crippen LogP contribution in [-0.4, -0.2) is 4.98 Å². The highest BCUT2D eigenvalue weighted by Crippen LogP contribution is 2.21. The molecule has 3 nitrogen and oxygen atoms in total. The predicted molar refractivity (Wildman–Crippen MR) is 72.8 cm³/mol. The number of benzene rings is 1. The average molecular weight is 237 g/mol. The zero-order chi connectivity index (χ0) is 13.0. The lowest BCUT2D eigenvalue weighted by Crippen LogP contribution is -1.94. The SMILES string of the molecule is CC(C)c1cccc(Nc2ccc(C#N)nc2)c1. The normalized spacial score (nSPS) is 10.1. The zero-order valence-electron chi connectivity index (χ0n) is 10.5. The van der Waals surface area contributed by atoms with Gasteiger partial charge in [0.05, 0.1) is 11.9 Å². The standard InChI is InChI=1S/C15H15N3/c1-11(2)12-4-3-5-13(8-12)18-15-7-6-14(9-16)17-10-15/h3-8,10-11,18H,1-2H3. The minimum Gasteiger partial charge on any atom is -0.354 e. The first kappa shape index (κ1) is 12.1. The number of nitrogens with one attached hydrogen (secondary N) is 1. The second kappa shape index (κ2) is 5.33. The number of pyridine rings is 1. The van der Waals surface area contributed by atoms with E-state index in [-0.39, 0.29) is 0 Å². The number of aromatic nitrogens is 1. The Morgan fingerprint density at radius 1 is 1.17 bits per heavy atom. The smallest absolute Gasteiger partial charge is 0.140 e. The lowest BCUT2D eigenvalue weighted by atomic mass is 10.0. The summed E-state index contributed by atoms with van der Waals surface area (Å²) in [6.45, 7) is 4.34. The van der Waals surface area contributed by atoms with Crippen LogP contribution in [0.2, 0.25) is 0 Å². The van der Waals surface area contributed by atoms with Gasteiger partial charge in [-0.3, -0.25) is 0 Å². The van der Waals surface area contributed by atoms with E-state index < -0.39 is 0 Å². The van der Waals surface area contributed by atoms with Gasteiger partial charge in [-0.2, -0.15) is 5.26 Å². The number of nitrogens with zero attached hydrogens (tertiary/aromatic N) is 2. The molecule has 2 rings (SSSR count). The molecule has 18 heavy (non-hydrogen) atoms. The zero-order valence-corrected chi connectivity index (χ0v) is 10.5. The van der Waals surface area contributed by atoms with Crippen molar-refractivity contribution in [1.82, 2.24) is 4.98 Å². The van der Waals surface area contributed by atoms with E-state index >= 15 is 0 Å². The van der Waals surface area contributed by atoms with Crippen LogP contribution in [0.15, 0.2) is 42.6 Å². The van der Waals surface area contributed by atoms with E-state index in [1.165, 1.54) is 5.56 Å². The van der Waals surface area contributed by atoms with E-state index in [0.717, 1.165) is 11.4 Å². The molecular weight excluding hydrogens is 222 g/mol. The lowest BCUT2D eigenvalue weighted by Gasteiger charge is -2.10. The van der Waals surface area contributed by atoms with Gasteiger partial charge in [0.1, 0.15) is 11.8 Å². The first-order chi connectivity index (χ1) is 8.69. The Balaban J connectivity index is 2.18. The van der Waals surface area contributed by atoms with Crippen molar-refractivity contribution in [3.63, 3.8) is 0 Å². The molecular formula is C15H15N3. The molecule has 0 saturated carbocycles. The van der Waals surface area contributed by atoms with Gasteiger partial charge in [-0.05, 0) is 35.7 Å². The van der Waals surface area contributed by atoms with E-state index in [1.54, 1.807) is 12.3 Å². The molecule has 0 fully saturated rings. The summed E-state index contributed by atoms with van der Waals surface area (Å²) in [5.74, 6) is 0.505. The number of hydrogen-bond acceptors (Lipinski definition) is 3. The minimum absolute atomic E-state index is 0.427. The van der Waals surface area contributed by atoms with Crippen LogP contribution in [0, 0.1) is 11.3 Å². The van der Waals surface area contributed by atoms with E-state index in [9.17, 15) is 0 Å². The van der Waals surface area contributed by atoms with Crippen molar-refractivity contribution >= 4 is 11.4 Å². The van der Waals surface area contributed by atoms with Gasteiger partial charge in [0, 0.05) is 5.69 Å². The van der Waals surface area contributed by atoms with E-state index in [1.807, 2.05) is 24.3 Å². The van der Waals surface area contributed by atoms with Crippen molar-refractivity contribution in [2.75, 3.05) is 5.32 Å². The van der Waals surface area contributed by atoms with Crippen LogP contribution in [-0.2, 0) is 0 Å². The van der Waals surface area contributed by atoms with Crippen LogP contribution in [0.4, 0.5) is 11.4 Å². The molecule has 0 saturated heterocycles.